The normalized spacial score (nSPS) is 11.5. The number of fused-ring (bicyclic) bond motifs is 2. The molecule has 0 unspecified atom stereocenters. The van der Waals surface area contributed by atoms with Gasteiger partial charge in [-0.25, -0.2) is 4.79 Å². The summed E-state index contributed by atoms with van der Waals surface area (Å²) in [5.41, 5.74) is 3.85. The Balaban J connectivity index is 1.59. The van der Waals surface area contributed by atoms with Gasteiger partial charge in [0.2, 0.25) is 5.91 Å². The lowest BCUT2D eigenvalue weighted by Gasteiger charge is -2.04. The molecule has 6 nitrogen and oxygen atoms in total. The number of imidazole rings is 1. The molecule has 6 heteroatoms. The van der Waals surface area contributed by atoms with Crippen molar-refractivity contribution in [3.05, 3.63) is 76.9 Å². The quantitative estimate of drug-likeness (QED) is 0.572. The number of pyridine rings is 1. The fourth-order valence-corrected chi connectivity index (χ4v) is 3.20. The van der Waals surface area contributed by atoms with Crippen LogP contribution >= 0.6 is 0 Å². The van der Waals surface area contributed by atoms with E-state index >= 15 is 0 Å². The monoisotopic (exact) mass is 358 g/mol. The molecule has 0 atom stereocenters. The van der Waals surface area contributed by atoms with Gasteiger partial charge in [-0.1, -0.05) is 24.3 Å². The predicted octanol–water partition coefficient (Wildman–Crippen LogP) is 3.08. The van der Waals surface area contributed by atoms with Gasteiger partial charge in [0.1, 0.15) is 0 Å². The number of hydrogen-bond donors (Lipinski definition) is 1. The van der Waals surface area contributed by atoms with Crippen LogP contribution in [0.1, 0.15) is 5.56 Å². The van der Waals surface area contributed by atoms with Crippen molar-refractivity contribution in [1.29, 1.82) is 0 Å². The number of carbonyl (C=O) groups excluding carboxylic acids is 1. The summed E-state index contributed by atoms with van der Waals surface area (Å²) < 4.78 is 3.14. The molecule has 4 rings (SSSR count). The zero-order valence-corrected chi connectivity index (χ0v) is 15.0. The van der Waals surface area contributed by atoms with E-state index in [4.69, 9.17) is 0 Å². The Morgan fingerprint density at radius 3 is 2.67 bits per heavy atom. The Kier molecular flexibility index (Phi) is 4.08. The lowest BCUT2D eigenvalue weighted by Crippen LogP contribution is -2.19. The molecular weight excluding hydrogens is 340 g/mol. The van der Waals surface area contributed by atoms with Crippen molar-refractivity contribution in [3.8, 4) is 0 Å². The SMILES string of the molecule is Cn1c(=O)n(C)c2cc(NC(=O)/C=C/c3cccc4cccnc34)ccc21. The van der Waals surface area contributed by atoms with Gasteiger partial charge in [0.15, 0.2) is 0 Å². The highest BCUT2D eigenvalue weighted by Crippen LogP contribution is 2.19. The van der Waals surface area contributed by atoms with Crippen molar-refractivity contribution >= 4 is 39.6 Å². The van der Waals surface area contributed by atoms with E-state index in [1.54, 1.807) is 47.6 Å². The minimum Gasteiger partial charge on any atom is -0.322 e. The minimum atomic E-state index is -0.247. The summed E-state index contributed by atoms with van der Waals surface area (Å²) in [4.78, 5) is 28.7. The van der Waals surface area contributed by atoms with Gasteiger partial charge < -0.3 is 5.32 Å². The number of aryl methyl sites for hydroxylation is 2. The van der Waals surface area contributed by atoms with Crippen molar-refractivity contribution < 1.29 is 4.79 Å². The maximum atomic E-state index is 12.3. The molecule has 0 spiro atoms. The van der Waals surface area contributed by atoms with Crippen molar-refractivity contribution in [1.82, 2.24) is 14.1 Å². The number of para-hydroxylation sites is 1. The van der Waals surface area contributed by atoms with Gasteiger partial charge in [-0.05, 0) is 30.3 Å². The van der Waals surface area contributed by atoms with Crippen LogP contribution in [0.4, 0.5) is 5.69 Å². The highest BCUT2D eigenvalue weighted by molar-refractivity contribution is 6.03. The summed E-state index contributed by atoms with van der Waals surface area (Å²) in [6, 6.07) is 15.1. The van der Waals surface area contributed by atoms with Crippen LogP contribution in [0.3, 0.4) is 0 Å². The molecule has 0 aliphatic rings. The first kappa shape index (κ1) is 16.8. The average molecular weight is 358 g/mol. The summed E-state index contributed by atoms with van der Waals surface area (Å²) in [5.74, 6) is -0.247. The summed E-state index contributed by atoms with van der Waals surface area (Å²) in [6.07, 6.45) is 4.97. The lowest BCUT2D eigenvalue weighted by molar-refractivity contribution is -0.111. The van der Waals surface area contributed by atoms with Gasteiger partial charge >= 0.3 is 5.69 Å². The Bertz CT molecular complexity index is 1260. The summed E-state index contributed by atoms with van der Waals surface area (Å²) in [7, 11) is 3.44. The molecule has 0 fully saturated rings. The maximum Gasteiger partial charge on any atom is 0.328 e. The fourth-order valence-electron chi connectivity index (χ4n) is 3.20. The van der Waals surface area contributed by atoms with Gasteiger partial charge in [-0.3, -0.25) is 18.9 Å². The number of benzene rings is 2. The molecule has 0 aliphatic heterocycles. The van der Waals surface area contributed by atoms with Crippen LogP contribution in [0.15, 0.2) is 65.6 Å². The molecule has 27 heavy (non-hydrogen) atoms. The number of rotatable bonds is 3. The fraction of sp³-hybridized carbons (Fsp3) is 0.0952. The molecule has 2 aromatic heterocycles. The number of carbonyl (C=O) groups is 1. The molecule has 1 amide bonds. The average Bonchev–Trinajstić information content (AvgIpc) is 2.90. The van der Waals surface area contributed by atoms with E-state index in [1.165, 1.54) is 6.08 Å². The second-order valence-corrected chi connectivity index (χ2v) is 6.35. The molecular formula is C21H18N4O2. The molecule has 134 valence electrons. The van der Waals surface area contributed by atoms with E-state index in [1.807, 2.05) is 36.4 Å². The Labute approximate surface area is 155 Å². The van der Waals surface area contributed by atoms with E-state index in [0.717, 1.165) is 27.5 Å². The van der Waals surface area contributed by atoms with Crippen LogP contribution < -0.4 is 11.0 Å². The van der Waals surface area contributed by atoms with Crippen LogP contribution in [0.5, 0.6) is 0 Å². The molecule has 0 saturated carbocycles. The van der Waals surface area contributed by atoms with Crippen LogP contribution in [0, 0.1) is 0 Å². The lowest BCUT2D eigenvalue weighted by atomic mass is 10.1. The first-order valence-electron chi connectivity index (χ1n) is 8.53. The highest BCUT2D eigenvalue weighted by atomic mass is 16.2. The minimum absolute atomic E-state index is 0.100. The Morgan fingerprint density at radius 2 is 1.81 bits per heavy atom. The number of nitrogens with zero attached hydrogens (tertiary/aromatic N) is 3. The molecule has 2 heterocycles. The van der Waals surface area contributed by atoms with Crippen molar-refractivity contribution in [3.63, 3.8) is 0 Å². The van der Waals surface area contributed by atoms with Crippen molar-refractivity contribution in [2.24, 2.45) is 14.1 Å². The first-order chi connectivity index (χ1) is 13.0. The molecule has 0 saturated heterocycles. The summed E-state index contributed by atoms with van der Waals surface area (Å²) in [6.45, 7) is 0. The van der Waals surface area contributed by atoms with Gasteiger partial charge in [-0.2, -0.15) is 0 Å². The smallest absolute Gasteiger partial charge is 0.322 e. The second kappa shape index (κ2) is 6.57. The van der Waals surface area contributed by atoms with Crippen LogP contribution in [0.25, 0.3) is 28.0 Å². The molecule has 1 N–H and O–H groups in total. The summed E-state index contributed by atoms with van der Waals surface area (Å²) >= 11 is 0. The van der Waals surface area contributed by atoms with Crippen LogP contribution in [-0.2, 0) is 18.9 Å². The third-order valence-electron chi connectivity index (χ3n) is 4.62. The van der Waals surface area contributed by atoms with E-state index in [9.17, 15) is 9.59 Å². The standard InChI is InChI=1S/C21H18N4O2/c1-24-17-10-9-16(13-18(17)25(2)21(24)27)23-19(26)11-8-15-6-3-5-14-7-4-12-22-20(14)15/h3-13H,1-2H3,(H,23,26)/b11-8+. The van der Waals surface area contributed by atoms with Crippen molar-refractivity contribution in [2.45, 2.75) is 0 Å². The molecule has 0 aliphatic carbocycles. The highest BCUT2D eigenvalue weighted by Gasteiger charge is 2.09. The number of amides is 1. The molecule has 2 aromatic carbocycles. The van der Waals surface area contributed by atoms with E-state index in [-0.39, 0.29) is 11.6 Å². The van der Waals surface area contributed by atoms with Crippen LogP contribution in [-0.4, -0.2) is 20.0 Å². The van der Waals surface area contributed by atoms with E-state index in [0.29, 0.717) is 5.69 Å². The topological polar surface area (TPSA) is 68.9 Å². The van der Waals surface area contributed by atoms with Gasteiger partial charge in [0.05, 0.1) is 16.6 Å². The third kappa shape index (κ3) is 3.01. The molecule has 0 radical (unpaired) electrons. The summed E-state index contributed by atoms with van der Waals surface area (Å²) in [5, 5.41) is 3.86. The molecule has 0 bridgehead atoms. The largest absolute Gasteiger partial charge is 0.328 e. The van der Waals surface area contributed by atoms with E-state index in [2.05, 4.69) is 10.3 Å². The van der Waals surface area contributed by atoms with E-state index < -0.39 is 0 Å². The van der Waals surface area contributed by atoms with Gasteiger partial charge in [-0.15, -0.1) is 0 Å². The third-order valence-corrected chi connectivity index (χ3v) is 4.62. The predicted molar refractivity (Wildman–Crippen MR) is 108 cm³/mol. The molecule has 4 aromatic rings. The number of anilines is 1. The van der Waals surface area contributed by atoms with Crippen molar-refractivity contribution in [2.75, 3.05) is 5.32 Å². The number of nitrogens with one attached hydrogen (secondary N) is 1. The first-order valence-corrected chi connectivity index (χ1v) is 8.53. The van der Waals surface area contributed by atoms with Gasteiger partial charge in [0.25, 0.3) is 0 Å². The number of aromatic nitrogens is 3. The van der Waals surface area contributed by atoms with Gasteiger partial charge in [0, 0.05) is 43.0 Å². The zero-order valence-electron chi connectivity index (χ0n) is 15.0. The Hall–Kier alpha value is -3.67. The Morgan fingerprint density at radius 1 is 1.04 bits per heavy atom. The second-order valence-electron chi connectivity index (χ2n) is 6.35. The zero-order chi connectivity index (χ0) is 19.0. The number of hydrogen-bond acceptors (Lipinski definition) is 3. The van der Waals surface area contributed by atoms with Crippen LogP contribution in [0.2, 0.25) is 0 Å². The maximum absolute atomic E-state index is 12.3.